The lowest BCUT2D eigenvalue weighted by atomic mass is 9.96. The highest BCUT2D eigenvalue weighted by atomic mass is 32.1. The van der Waals surface area contributed by atoms with Crippen molar-refractivity contribution < 1.29 is 112 Å². The summed E-state index contributed by atoms with van der Waals surface area (Å²) < 4.78 is 0. The van der Waals surface area contributed by atoms with Gasteiger partial charge in [-0.1, -0.05) is 111 Å². The van der Waals surface area contributed by atoms with Crippen LogP contribution in [-0.4, -0.2) is 279 Å². The molecule has 756 valence electrons. The van der Waals surface area contributed by atoms with Crippen LogP contribution < -0.4 is 119 Å². The standard InChI is InChI=1S/C91H133N23O23S/c1-7-48(2)74(89(134)110-63(38-53-22-10-8-11-23-53)82(127)101-50(4)77(122)99-45-73(120)102-70(47-138)91(136)137)113-87(132)65(40-55-31-33-57(117)34-32-55)111-90(135)75(52(6)116)114-81(126)62(30-18-21-37-94)103-79(124)60(28-16-19-35-92)104-85(130)67(42-71(96)118)108-80(125)61(29-17-20-36-93)105-88(133)69(46-115)112-84(129)66(41-56-44-98-59-27-15-14-26-58(56)59)107-86(131)68(43-72(97)119)109-83(128)64(39-54-24-12-9-13-25-54)106-78(123)51(5)100-76(121)49(3)95/h8-15,22-27,31-34,44,48-52,60-70,74-75,98,115-117,138H,7,16-21,28-30,35-43,45-47,92-95H2,1-6H3,(H2,96,118)(H2,97,119)(H,99,122)(H,100,121)(H,101,127)(H,102,120)(H,103,124)(H,104,130)(H,105,133)(H,106,123)(H,107,131)(H,108,125)(H,109,128)(H,110,134)(H,111,135)(H,112,129)(H,113,132)(H,114,126)(H,136,137)/t48-,49-,50-,51-,52+,60-,61-,62-,63-,64-,65-,66-,67-,68-,69-,70-,74-,75-/m0/s1. The first kappa shape index (κ1) is 115. The SMILES string of the molecule is CC[C@H](C)[C@H](NC(=O)[C@H](Cc1ccc(O)cc1)NC(=O)[C@@H](NC(=O)[C@H](CCCCN)NC(=O)[C@H](CCCCN)NC(=O)[C@H](CC(N)=O)NC(=O)[C@H](CCCCN)NC(=O)[C@H](CO)NC(=O)[C@H](Cc1c[nH]c2ccccc12)NC(=O)[C@H](CC(N)=O)NC(=O)[C@H](Cc1ccccc1)NC(=O)[C@H](C)NC(=O)[C@H](C)N)[C@@H](C)O)C(=O)N[C@@H](Cc1ccccc1)C(=O)N[C@@H](C)C(=O)NCC(=O)N[C@@H](CS)C(=O)O. The minimum Gasteiger partial charge on any atom is -0.508 e. The van der Waals surface area contributed by atoms with Crippen molar-refractivity contribution in [1.29, 1.82) is 0 Å². The average Bonchev–Trinajstić information content (AvgIpc) is 1.65. The first-order chi connectivity index (χ1) is 65.5. The number of fused-ring (bicyclic) bond motifs is 1. The van der Waals surface area contributed by atoms with Crippen molar-refractivity contribution in [2.75, 3.05) is 38.5 Å². The first-order valence-corrected chi connectivity index (χ1v) is 46.0. The topological polar surface area (TPSA) is 770 Å². The molecule has 0 spiro atoms. The summed E-state index contributed by atoms with van der Waals surface area (Å²) in [7, 11) is 0. The second kappa shape index (κ2) is 59.3. The molecule has 0 bridgehead atoms. The Hall–Kier alpha value is -13.7. The van der Waals surface area contributed by atoms with Gasteiger partial charge in [-0.15, -0.1) is 0 Å². The number of rotatable bonds is 62. The third-order valence-corrected chi connectivity index (χ3v) is 22.6. The number of phenols is 1. The number of benzene rings is 4. The zero-order valence-electron chi connectivity index (χ0n) is 77.9. The predicted molar refractivity (Wildman–Crippen MR) is 507 cm³/mol. The number of aromatic hydroxyl groups is 1. The Kier molecular flexibility index (Phi) is 49.3. The fourth-order valence-corrected chi connectivity index (χ4v) is 14.4. The average molecular weight is 1950 g/mol. The van der Waals surface area contributed by atoms with Crippen LogP contribution >= 0.6 is 12.6 Å². The number of carboxylic acids is 1. The summed E-state index contributed by atoms with van der Waals surface area (Å²) in [5.41, 5.74) is 37.0. The number of H-pyrrole nitrogens is 1. The van der Waals surface area contributed by atoms with Crippen LogP contribution in [0.3, 0.4) is 0 Å². The van der Waals surface area contributed by atoms with Crippen molar-refractivity contribution in [3.8, 4) is 5.75 Å². The maximum atomic E-state index is 14.9. The number of aliphatic carboxylic acids is 1. The van der Waals surface area contributed by atoms with Crippen LogP contribution in [0.25, 0.3) is 10.9 Å². The van der Waals surface area contributed by atoms with Crippen molar-refractivity contribution >= 4 is 136 Å². The lowest BCUT2D eigenvalue weighted by Crippen LogP contribution is -2.63. The molecule has 0 fully saturated rings. The maximum Gasteiger partial charge on any atom is 0.327 e. The number of hydrogen-bond donors (Lipinski definition) is 28. The van der Waals surface area contributed by atoms with E-state index >= 15 is 0 Å². The van der Waals surface area contributed by atoms with E-state index in [1.807, 2.05) is 0 Å². The van der Waals surface area contributed by atoms with E-state index < -0.39 is 247 Å². The van der Waals surface area contributed by atoms with Crippen LogP contribution in [0.5, 0.6) is 5.75 Å². The first-order valence-electron chi connectivity index (χ1n) is 45.3. The number of unbranched alkanes of at least 4 members (excludes halogenated alkanes) is 3. The second-order valence-corrected chi connectivity index (χ2v) is 33.9. The van der Waals surface area contributed by atoms with Crippen molar-refractivity contribution in [2.45, 2.75) is 247 Å². The summed E-state index contributed by atoms with van der Waals surface area (Å²) in [5, 5.41) is 82.0. The normalized spacial score (nSPS) is 15.1. The van der Waals surface area contributed by atoms with Crippen molar-refractivity contribution in [3.05, 3.63) is 138 Å². The molecule has 47 heteroatoms. The Balaban J connectivity index is 1.39. The molecule has 5 rings (SSSR count). The van der Waals surface area contributed by atoms with Crippen LogP contribution in [0, 0.1) is 5.92 Å². The molecule has 0 saturated carbocycles. The number of phenolic OH excluding ortho intramolecular Hbond substituents is 1. The number of nitrogens with two attached hydrogens (primary N) is 6. The highest BCUT2D eigenvalue weighted by Crippen LogP contribution is 2.22. The Morgan fingerprint density at radius 2 is 0.739 bits per heavy atom. The number of thiol groups is 1. The smallest absolute Gasteiger partial charge is 0.327 e. The number of carbonyl (C=O) groups excluding carboxylic acids is 18. The molecule has 0 unspecified atom stereocenters. The van der Waals surface area contributed by atoms with E-state index in [9.17, 15) is 112 Å². The molecule has 4 aromatic carbocycles. The molecule has 5 aromatic rings. The molecule has 1 aromatic heterocycles. The molecule has 0 saturated heterocycles. The molecule has 1 heterocycles. The summed E-state index contributed by atoms with van der Waals surface area (Å²) >= 11 is 3.91. The molecule has 46 nitrogen and oxygen atoms in total. The van der Waals surface area contributed by atoms with E-state index in [1.165, 1.54) is 51.2 Å². The molecule has 18 atom stereocenters. The summed E-state index contributed by atoms with van der Waals surface area (Å²) in [6, 6.07) is 3.44. The molecule has 0 aliphatic rings. The van der Waals surface area contributed by atoms with E-state index in [2.05, 4.69) is 103 Å². The van der Waals surface area contributed by atoms with Gasteiger partial charge in [0.2, 0.25) is 106 Å². The summed E-state index contributed by atoms with van der Waals surface area (Å²) in [4.78, 5) is 268. The van der Waals surface area contributed by atoms with Gasteiger partial charge >= 0.3 is 5.97 Å². The molecule has 0 aliphatic carbocycles. The fourth-order valence-electron chi connectivity index (χ4n) is 14.1. The quantitative estimate of drug-likeness (QED) is 0.0127. The van der Waals surface area contributed by atoms with Crippen molar-refractivity contribution in [2.24, 2.45) is 40.3 Å². The minimum absolute atomic E-state index is 0.0676. The molecule has 138 heavy (non-hydrogen) atoms. The van der Waals surface area contributed by atoms with Gasteiger partial charge in [0.05, 0.1) is 38.1 Å². The van der Waals surface area contributed by atoms with E-state index in [1.54, 1.807) is 98.8 Å². The lowest BCUT2D eigenvalue weighted by molar-refractivity contribution is -0.141. The number of carbonyl (C=O) groups is 19. The molecule has 33 N–H and O–H groups in total. The van der Waals surface area contributed by atoms with Crippen LogP contribution in [0.15, 0.2) is 115 Å². The number of amides is 18. The largest absolute Gasteiger partial charge is 0.508 e. The minimum atomic E-state index is -1.96. The van der Waals surface area contributed by atoms with Crippen LogP contribution in [0.1, 0.15) is 141 Å². The zero-order chi connectivity index (χ0) is 102. The van der Waals surface area contributed by atoms with Crippen molar-refractivity contribution in [3.63, 3.8) is 0 Å². The third kappa shape index (κ3) is 39.2. The van der Waals surface area contributed by atoms with Crippen LogP contribution in [0.2, 0.25) is 0 Å². The lowest BCUT2D eigenvalue weighted by Gasteiger charge is -2.30. The van der Waals surface area contributed by atoms with Gasteiger partial charge in [-0.05, 0) is 151 Å². The molecule has 18 amide bonds. The number of carboxylic acid groups (broad SMARTS) is 1. The number of aliphatic hydroxyl groups is 2. The van der Waals surface area contributed by atoms with Gasteiger partial charge in [-0.3, -0.25) is 86.3 Å². The van der Waals surface area contributed by atoms with E-state index in [-0.39, 0.29) is 121 Å². The van der Waals surface area contributed by atoms with Gasteiger partial charge in [-0.2, -0.15) is 12.6 Å². The van der Waals surface area contributed by atoms with E-state index in [0.29, 0.717) is 33.2 Å². The Morgan fingerprint density at radius 3 is 1.17 bits per heavy atom. The number of aromatic amines is 1. The van der Waals surface area contributed by atoms with E-state index in [4.69, 9.17) is 34.4 Å². The Labute approximate surface area is 802 Å². The summed E-state index contributed by atoms with van der Waals surface area (Å²) in [6.45, 7) is 6.81. The Morgan fingerprint density at radius 1 is 0.384 bits per heavy atom. The summed E-state index contributed by atoms with van der Waals surface area (Å²) in [6.07, 6.45) is -2.57. The molecule has 0 radical (unpaired) electrons. The number of primary amides is 2. The molecular weight excluding hydrogens is 1820 g/mol. The number of para-hydroxylation sites is 1. The van der Waals surface area contributed by atoms with Gasteiger partial charge in [0, 0.05) is 48.5 Å². The Bertz CT molecular complexity index is 4940. The monoisotopic (exact) mass is 1950 g/mol. The highest BCUT2D eigenvalue weighted by molar-refractivity contribution is 7.80. The van der Waals surface area contributed by atoms with Gasteiger partial charge in [-0.25, -0.2) is 4.79 Å². The number of hydrogen-bond acceptors (Lipinski definition) is 27. The summed E-state index contributed by atoms with van der Waals surface area (Å²) in [5.74, 6) is -21.2. The van der Waals surface area contributed by atoms with E-state index in [0.717, 1.165) is 6.92 Å². The van der Waals surface area contributed by atoms with Crippen molar-refractivity contribution in [1.82, 2.24) is 90.1 Å². The number of aliphatic hydroxyl groups excluding tert-OH is 2. The fraction of sp³-hybridized carbons (Fsp3) is 0.505. The second-order valence-electron chi connectivity index (χ2n) is 33.5. The van der Waals surface area contributed by atoms with Gasteiger partial charge in [0.15, 0.2) is 0 Å². The third-order valence-electron chi connectivity index (χ3n) is 22.2. The molecule has 0 aliphatic heterocycles. The predicted octanol–water partition coefficient (Wildman–Crippen LogP) is -6.51. The van der Waals surface area contributed by atoms with Crippen LogP contribution in [0.4, 0.5) is 0 Å². The van der Waals surface area contributed by atoms with Crippen LogP contribution in [-0.2, 0) is 117 Å². The maximum absolute atomic E-state index is 14.9. The van der Waals surface area contributed by atoms with Gasteiger partial charge in [0.25, 0.3) is 0 Å². The number of aromatic nitrogens is 1. The van der Waals surface area contributed by atoms with Gasteiger partial charge in [0.1, 0.15) is 96.4 Å². The molecular formula is C91H133N23O23S. The van der Waals surface area contributed by atoms with Gasteiger partial charge < -0.3 is 145 Å². The zero-order valence-corrected chi connectivity index (χ0v) is 78.8. The number of nitrogens with one attached hydrogen (secondary N) is 17. The highest BCUT2D eigenvalue weighted by Gasteiger charge is 2.41.